The van der Waals surface area contributed by atoms with Crippen LogP contribution in [0, 0.1) is 5.82 Å². The number of fused-ring (bicyclic) bond motifs is 2. The van der Waals surface area contributed by atoms with Crippen molar-refractivity contribution in [2.45, 2.75) is 44.2 Å². The topological polar surface area (TPSA) is 70.1 Å². The van der Waals surface area contributed by atoms with Crippen LogP contribution >= 0.6 is 11.6 Å². The molecule has 3 aromatic carbocycles. The number of hydrogen-bond acceptors (Lipinski definition) is 4. The zero-order valence-corrected chi connectivity index (χ0v) is 18.7. The molecule has 2 fully saturated rings. The van der Waals surface area contributed by atoms with Crippen LogP contribution in [0.25, 0.3) is 21.7 Å². The Morgan fingerprint density at radius 3 is 2.67 bits per heavy atom. The zero-order chi connectivity index (χ0) is 22.7. The number of aromatic nitrogens is 2. The lowest BCUT2D eigenvalue weighted by atomic mass is 9.91. The summed E-state index contributed by atoms with van der Waals surface area (Å²) in [6, 6.07) is 10.3. The smallest absolute Gasteiger partial charge is 0.195 e. The molecule has 0 bridgehead atoms. The highest BCUT2D eigenvalue weighted by molar-refractivity contribution is 6.31. The fraction of sp³-hybridized carbons (Fsp3) is 0.308. The summed E-state index contributed by atoms with van der Waals surface area (Å²) in [5.41, 5.74) is 9.01. The van der Waals surface area contributed by atoms with Crippen molar-refractivity contribution >= 4 is 44.7 Å². The third-order valence-corrected chi connectivity index (χ3v) is 7.01. The normalized spacial score (nSPS) is 18.8. The second-order valence-electron chi connectivity index (χ2n) is 9.01. The maximum Gasteiger partial charge on any atom is 0.195 e. The summed E-state index contributed by atoms with van der Waals surface area (Å²) in [5.74, 6) is -0.297. The van der Waals surface area contributed by atoms with Crippen molar-refractivity contribution in [1.82, 2.24) is 9.78 Å². The quantitative estimate of drug-likeness (QED) is 0.282. The molecule has 6 rings (SSSR count). The molecular formula is C26H23ClFN3O2. The summed E-state index contributed by atoms with van der Waals surface area (Å²) in [5, 5.41) is 7.35. The lowest BCUT2D eigenvalue weighted by Gasteiger charge is -2.22. The molecule has 1 saturated carbocycles. The van der Waals surface area contributed by atoms with E-state index in [0.717, 1.165) is 48.4 Å². The molecule has 33 heavy (non-hydrogen) atoms. The van der Waals surface area contributed by atoms with Gasteiger partial charge >= 0.3 is 0 Å². The Morgan fingerprint density at radius 2 is 1.91 bits per heavy atom. The lowest BCUT2D eigenvalue weighted by Crippen LogP contribution is -2.18. The summed E-state index contributed by atoms with van der Waals surface area (Å²) >= 11 is 6.25. The van der Waals surface area contributed by atoms with Crippen LogP contribution in [0.5, 0.6) is 0 Å². The van der Waals surface area contributed by atoms with E-state index in [-0.39, 0.29) is 17.5 Å². The molecule has 7 heteroatoms. The van der Waals surface area contributed by atoms with E-state index in [9.17, 15) is 9.18 Å². The van der Waals surface area contributed by atoms with Gasteiger partial charge in [-0.05, 0) is 79.3 Å². The molecule has 4 aromatic rings. The highest BCUT2D eigenvalue weighted by Crippen LogP contribution is 2.46. The van der Waals surface area contributed by atoms with Crippen LogP contribution in [-0.2, 0) is 4.74 Å². The average Bonchev–Trinajstić information content (AvgIpc) is 3.57. The van der Waals surface area contributed by atoms with Gasteiger partial charge in [-0.3, -0.25) is 4.79 Å². The van der Waals surface area contributed by atoms with Gasteiger partial charge in [-0.2, -0.15) is 5.10 Å². The number of hydrogen-bond donors (Lipinski definition) is 1. The van der Waals surface area contributed by atoms with Crippen molar-refractivity contribution in [3.8, 4) is 0 Å². The Kier molecular flexibility index (Phi) is 4.89. The van der Waals surface area contributed by atoms with Crippen molar-refractivity contribution in [1.29, 1.82) is 0 Å². The van der Waals surface area contributed by atoms with E-state index >= 15 is 0 Å². The molecule has 2 N–H and O–H groups in total. The van der Waals surface area contributed by atoms with Crippen molar-refractivity contribution in [2.75, 3.05) is 12.3 Å². The molecule has 168 valence electrons. The Bertz CT molecular complexity index is 1420. The van der Waals surface area contributed by atoms with Crippen LogP contribution in [0.3, 0.4) is 0 Å². The molecule has 1 aromatic heterocycles. The average molecular weight is 464 g/mol. The predicted molar refractivity (Wildman–Crippen MR) is 127 cm³/mol. The summed E-state index contributed by atoms with van der Waals surface area (Å²) in [4.78, 5) is 13.8. The second kappa shape index (κ2) is 7.82. The van der Waals surface area contributed by atoms with Crippen LogP contribution in [0.15, 0.2) is 42.6 Å². The largest absolute Gasteiger partial charge is 0.398 e. The van der Waals surface area contributed by atoms with E-state index in [1.165, 1.54) is 12.1 Å². The third-order valence-electron chi connectivity index (χ3n) is 6.77. The highest BCUT2D eigenvalue weighted by Gasteiger charge is 2.29. The number of ketones is 1. The molecule has 0 radical (unpaired) electrons. The summed E-state index contributed by atoms with van der Waals surface area (Å²) in [7, 11) is 0. The molecular weight excluding hydrogens is 441 g/mol. The van der Waals surface area contributed by atoms with Gasteiger partial charge in [0.25, 0.3) is 0 Å². The summed E-state index contributed by atoms with van der Waals surface area (Å²) < 4.78 is 22.1. The van der Waals surface area contributed by atoms with Gasteiger partial charge in [0.15, 0.2) is 11.6 Å². The fourth-order valence-corrected chi connectivity index (χ4v) is 5.05. The molecule has 0 spiro atoms. The van der Waals surface area contributed by atoms with Gasteiger partial charge in [-0.15, -0.1) is 0 Å². The molecule has 1 saturated heterocycles. The van der Waals surface area contributed by atoms with Gasteiger partial charge in [-0.1, -0.05) is 17.7 Å². The Hall–Kier alpha value is -2.96. The number of nitrogen functional groups attached to an aromatic ring is 1. The van der Waals surface area contributed by atoms with Crippen molar-refractivity contribution < 1.29 is 13.9 Å². The first-order valence-corrected chi connectivity index (χ1v) is 11.7. The minimum absolute atomic E-state index is 0.170. The third kappa shape index (κ3) is 3.49. The number of halogens is 2. The number of nitrogens with zero attached hydrogens (tertiary/aromatic N) is 2. The second-order valence-corrected chi connectivity index (χ2v) is 9.44. The molecule has 2 heterocycles. The van der Waals surface area contributed by atoms with Crippen LogP contribution in [0.4, 0.5) is 10.1 Å². The minimum atomic E-state index is -0.462. The molecule has 1 unspecified atom stereocenters. The maximum absolute atomic E-state index is 14.7. The minimum Gasteiger partial charge on any atom is -0.398 e. The summed E-state index contributed by atoms with van der Waals surface area (Å²) in [6.07, 6.45) is 6.47. The van der Waals surface area contributed by atoms with Gasteiger partial charge in [0.2, 0.25) is 0 Å². The number of carbonyl (C=O) groups excluding carboxylic acids is 1. The van der Waals surface area contributed by atoms with Gasteiger partial charge in [0.1, 0.15) is 11.7 Å². The number of benzene rings is 3. The fourth-order valence-electron chi connectivity index (χ4n) is 4.88. The molecule has 1 aliphatic carbocycles. The van der Waals surface area contributed by atoms with Crippen LogP contribution < -0.4 is 5.73 Å². The number of ether oxygens (including phenoxy) is 1. The number of carbonyl (C=O) groups is 1. The van der Waals surface area contributed by atoms with E-state index in [1.54, 1.807) is 16.9 Å². The molecule has 1 atom stereocenters. The number of anilines is 1. The van der Waals surface area contributed by atoms with E-state index in [1.807, 2.05) is 18.2 Å². The maximum atomic E-state index is 14.7. The SMILES string of the molecule is Nc1c(C(=O)c2ccc(F)c3nn(C4CCCCO4)cc23)cc(C2CC2)c2cc(Cl)ccc12. The Labute approximate surface area is 195 Å². The molecule has 0 amide bonds. The van der Waals surface area contributed by atoms with Gasteiger partial charge in [-0.25, -0.2) is 9.07 Å². The van der Waals surface area contributed by atoms with Crippen LogP contribution in [0.2, 0.25) is 5.02 Å². The zero-order valence-electron chi connectivity index (χ0n) is 18.0. The Balaban J connectivity index is 1.50. The van der Waals surface area contributed by atoms with E-state index in [0.29, 0.717) is 39.7 Å². The Morgan fingerprint density at radius 1 is 1.06 bits per heavy atom. The van der Waals surface area contributed by atoms with Gasteiger partial charge in [0, 0.05) is 39.7 Å². The van der Waals surface area contributed by atoms with E-state index < -0.39 is 5.82 Å². The standard InChI is InChI=1S/C26H23ClFN3O2/c27-15-6-7-16-19(11-15)18(14-4-5-14)12-20(24(16)29)26(32)17-8-9-22(28)25-21(17)13-31(30-25)23-3-1-2-10-33-23/h6-9,11-14,23H,1-5,10,29H2. The monoisotopic (exact) mass is 463 g/mol. The van der Waals surface area contributed by atoms with Gasteiger partial charge in [0.05, 0.1) is 5.69 Å². The molecule has 2 aliphatic rings. The highest BCUT2D eigenvalue weighted by atomic mass is 35.5. The van der Waals surface area contributed by atoms with Crippen molar-refractivity contribution in [3.05, 3.63) is 70.1 Å². The first kappa shape index (κ1) is 20.6. The summed E-state index contributed by atoms with van der Waals surface area (Å²) in [6.45, 7) is 0.650. The van der Waals surface area contributed by atoms with Crippen molar-refractivity contribution in [2.24, 2.45) is 0 Å². The lowest BCUT2D eigenvalue weighted by molar-refractivity contribution is -0.0391. The number of rotatable bonds is 4. The van der Waals surface area contributed by atoms with E-state index in [2.05, 4.69) is 5.10 Å². The van der Waals surface area contributed by atoms with Crippen LogP contribution in [-0.4, -0.2) is 22.2 Å². The van der Waals surface area contributed by atoms with Gasteiger partial charge < -0.3 is 10.5 Å². The van der Waals surface area contributed by atoms with Crippen molar-refractivity contribution in [3.63, 3.8) is 0 Å². The number of nitrogens with two attached hydrogens (primary N) is 1. The molecule has 1 aliphatic heterocycles. The first-order chi connectivity index (χ1) is 16.0. The van der Waals surface area contributed by atoms with Crippen LogP contribution in [0.1, 0.15) is 65.7 Å². The first-order valence-electron chi connectivity index (χ1n) is 11.4. The molecule has 5 nitrogen and oxygen atoms in total. The van der Waals surface area contributed by atoms with E-state index in [4.69, 9.17) is 22.1 Å². The predicted octanol–water partition coefficient (Wildman–Crippen LogP) is 6.37.